The van der Waals surface area contributed by atoms with E-state index in [2.05, 4.69) is 13.8 Å². The van der Waals surface area contributed by atoms with Crippen molar-refractivity contribution in [1.82, 2.24) is 0 Å². The van der Waals surface area contributed by atoms with Gasteiger partial charge in [-0.05, 0) is 12.8 Å². The molecule has 0 spiro atoms. The third kappa shape index (κ3) is 13.5. The lowest BCUT2D eigenvalue weighted by atomic mass is 10.1. The molecule has 1 atom stereocenters. The molecule has 0 amide bonds. The van der Waals surface area contributed by atoms with Gasteiger partial charge in [-0.1, -0.05) is 58.8 Å². The molecule has 0 aliphatic rings. The summed E-state index contributed by atoms with van der Waals surface area (Å²) in [6.45, 7) is 4.86. The van der Waals surface area contributed by atoms with Crippen LogP contribution in [0.5, 0.6) is 0 Å². The average Bonchev–Trinajstić information content (AvgIpc) is 2.37. The Kier molecular flexibility index (Phi) is 13.1. The normalized spacial score (nSPS) is 12.3. The fourth-order valence-corrected chi connectivity index (χ4v) is 1.92. The summed E-state index contributed by atoms with van der Waals surface area (Å²) in [7, 11) is 0. The number of carbonyl (C=O) groups is 1. The Morgan fingerprint density at radius 2 is 1.53 bits per heavy atom. The van der Waals surface area contributed by atoms with Gasteiger partial charge in [0.25, 0.3) is 0 Å². The minimum Gasteiger partial charge on any atom is -0.450 e. The first-order valence-corrected chi connectivity index (χ1v) is 7.71. The van der Waals surface area contributed by atoms with Crippen LogP contribution in [-0.4, -0.2) is 24.2 Å². The highest BCUT2D eigenvalue weighted by Crippen LogP contribution is 2.12. The van der Waals surface area contributed by atoms with Crippen LogP contribution in [0.2, 0.25) is 0 Å². The quantitative estimate of drug-likeness (QED) is 0.293. The van der Waals surface area contributed by atoms with Gasteiger partial charge >= 0.3 is 6.16 Å². The van der Waals surface area contributed by atoms with Crippen LogP contribution in [0.4, 0.5) is 4.79 Å². The lowest BCUT2D eigenvalue weighted by Gasteiger charge is -2.16. The van der Waals surface area contributed by atoms with E-state index in [1.807, 2.05) is 0 Å². The average molecular weight is 274 g/mol. The van der Waals surface area contributed by atoms with E-state index < -0.39 is 12.4 Å². The Morgan fingerprint density at radius 3 is 2.11 bits per heavy atom. The predicted molar refractivity (Wildman–Crippen MR) is 76.4 cm³/mol. The molecular weight excluding hydrogens is 244 g/mol. The standard InChI is InChI=1S/C15H30O4/c1-3-5-7-8-9-10-11-12-14(19-15(16)17)18-13-6-4-2/h14H,3-13H2,1-2H3,(H,16,17). The smallest absolute Gasteiger partial charge is 0.450 e. The number of hydrogen-bond donors (Lipinski definition) is 1. The maximum absolute atomic E-state index is 10.5. The highest BCUT2D eigenvalue weighted by Gasteiger charge is 2.13. The molecule has 0 aromatic heterocycles. The van der Waals surface area contributed by atoms with Crippen LogP contribution < -0.4 is 0 Å². The molecule has 1 N–H and O–H groups in total. The summed E-state index contributed by atoms with van der Waals surface area (Å²) >= 11 is 0. The van der Waals surface area contributed by atoms with Gasteiger partial charge in [-0.3, -0.25) is 0 Å². The number of rotatable bonds is 13. The molecule has 0 aromatic carbocycles. The second-order valence-electron chi connectivity index (χ2n) is 4.95. The van der Waals surface area contributed by atoms with Crippen molar-refractivity contribution in [3.8, 4) is 0 Å². The molecule has 0 fully saturated rings. The molecule has 1 unspecified atom stereocenters. The summed E-state index contributed by atoms with van der Waals surface area (Å²) in [5, 5.41) is 8.64. The molecule has 4 nitrogen and oxygen atoms in total. The Labute approximate surface area is 117 Å². The Morgan fingerprint density at radius 1 is 0.947 bits per heavy atom. The van der Waals surface area contributed by atoms with Gasteiger partial charge in [0.1, 0.15) is 0 Å². The maximum Gasteiger partial charge on any atom is 0.508 e. The van der Waals surface area contributed by atoms with Gasteiger partial charge in [0.2, 0.25) is 6.29 Å². The van der Waals surface area contributed by atoms with Gasteiger partial charge < -0.3 is 14.6 Å². The minimum atomic E-state index is -1.25. The summed E-state index contributed by atoms with van der Waals surface area (Å²) < 4.78 is 10.2. The van der Waals surface area contributed by atoms with Crippen LogP contribution in [0, 0.1) is 0 Å². The van der Waals surface area contributed by atoms with Crippen molar-refractivity contribution in [2.24, 2.45) is 0 Å². The van der Waals surface area contributed by atoms with E-state index in [4.69, 9.17) is 14.6 Å². The summed E-state index contributed by atoms with van der Waals surface area (Å²) in [5.74, 6) is 0. The predicted octanol–water partition coefficient (Wildman–Crippen LogP) is 4.96. The minimum absolute atomic E-state index is 0.574. The van der Waals surface area contributed by atoms with Gasteiger partial charge in [0, 0.05) is 6.42 Å². The van der Waals surface area contributed by atoms with Gasteiger partial charge in [-0.2, -0.15) is 0 Å². The zero-order chi connectivity index (χ0) is 14.3. The van der Waals surface area contributed by atoms with E-state index >= 15 is 0 Å². The van der Waals surface area contributed by atoms with E-state index in [0.29, 0.717) is 13.0 Å². The summed E-state index contributed by atoms with van der Waals surface area (Å²) in [6, 6.07) is 0. The first kappa shape index (κ1) is 18.2. The number of unbranched alkanes of at least 4 members (excludes halogenated alkanes) is 7. The highest BCUT2D eigenvalue weighted by molar-refractivity contribution is 5.56. The molecule has 0 aliphatic carbocycles. The van der Waals surface area contributed by atoms with E-state index in [1.165, 1.54) is 32.1 Å². The maximum atomic E-state index is 10.5. The van der Waals surface area contributed by atoms with Crippen molar-refractivity contribution in [2.75, 3.05) is 6.61 Å². The molecular formula is C15H30O4. The van der Waals surface area contributed by atoms with Crippen molar-refractivity contribution in [3.05, 3.63) is 0 Å². The topological polar surface area (TPSA) is 55.8 Å². The fraction of sp³-hybridized carbons (Fsp3) is 0.933. The molecule has 0 saturated heterocycles. The van der Waals surface area contributed by atoms with Gasteiger partial charge in [-0.25, -0.2) is 4.79 Å². The summed E-state index contributed by atoms with van der Waals surface area (Å²) in [4.78, 5) is 10.5. The van der Waals surface area contributed by atoms with Crippen molar-refractivity contribution >= 4 is 6.16 Å². The van der Waals surface area contributed by atoms with Crippen LogP contribution in [0.25, 0.3) is 0 Å². The van der Waals surface area contributed by atoms with E-state index in [9.17, 15) is 4.79 Å². The lowest BCUT2D eigenvalue weighted by molar-refractivity contribution is -0.121. The first-order valence-electron chi connectivity index (χ1n) is 7.71. The number of hydrogen-bond acceptors (Lipinski definition) is 3. The van der Waals surface area contributed by atoms with Crippen molar-refractivity contribution in [3.63, 3.8) is 0 Å². The molecule has 19 heavy (non-hydrogen) atoms. The van der Waals surface area contributed by atoms with Crippen LogP contribution in [0.1, 0.15) is 78.1 Å². The second-order valence-corrected chi connectivity index (χ2v) is 4.95. The third-order valence-electron chi connectivity index (χ3n) is 3.08. The first-order chi connectivity index (χ1) is 9.20. The number of carboxylic acid groups (broad SMARTS) is 1. The molecule has 0 aliphatic heterocycles. The Hall–Kier alpha value is -0.770. The fourth-order valence-electron chi connectivity index (χ4n) is 1.92. The number of ether oxygens (including phenoxy) is 2. The molecule has 0 heterocycles. The van der Waals surface area contributed by atoms with Crippen LogP contribution in [0.3, 0.4) is 0 Å². The van der Waals surface area contributed by atoms with Crippen molar-refractivity contribution in [1.29, 1.82) is 0 Å². The monoisotopic (exact) mass is 274 g/mol. The molecule has 114 valence electrons. The molecule has 0 saturated carbocycles. The van der Waals surface area contributed by atoms with Gasteiger partial charge in [0.15, 0.2) is 0 Å². The van der Waals surface area contributed by atoms with E-state index in [1.54, 1.807) is 0 Å². The zero-order valence-electron chi connectivity index (χ0n) is 12.5. The van der Waals surface area contributed by atoms with Crippen LogP contribution in [-0.2, 0) is 9.47 Å². The molecule has 0 bridgehead atoms. The Bertz CT molecular complexity index is 206. The Balaban J connectivity index is 3.58. The summed E-state index contributed by atoms with van der Waals surface area (Å²) in [6.07, 6.45) is 9.28. The third-order valence-corrected chi connectivity index (χ3v) is 3.08. The zero-order valence-corrected chi connectivity index (χ0v) is 12.5. The van der Waals surface area contributed by atoms with Gasteiger partial charge in [0.05, 0.1) is 6.61 Å². The van der Waals surface area contributed by atoms with Crippen molar-refractivity contribution < 1.29 is 19.4 Å². The van der Waals surface area contributed by atoms with E-state index in [-0.39, 0.29) is 0 Å². The highest BCUT2D eigenvalue weighted by atomic mass is 16.8. The van der Waals surface area contributed by atoms with Crippen LogP contribution in [0.15, 0.2) is 0 Å². The molecule has 0 aromatic rings. The second kappa shape index (κ2) is 13.7. The lowest BCUT2D eigenvalue weighted by Crippen LogP contribution is -2.21. The SMILES string of the molecule is CCCCCCCCCC(OCCCC)OC(=O)O. The van der Waals surface area contributed by atoms with Crippen LogP contribution >= 0.6 is 0 Å². The summed E-state index contributed by atoms with van der Waals surface area (Å²) in [5.41, 5.74) is 0. The molecule has 4 heteroatoms. The largest absolute Gasteiger partial charge is 0.508 e. The van der Waals surface area contributed by atoms with Gasteiger partial charge in [-0.15, -0.1) is 0 Å². The van der Waals surface area contributed by atoms with Crippen molar-refractivity contribution in [2.45, 2.75) is 84.3 Å². The molecule has 0 radical (unpaired) electrons. The van der Waals surface area contributed by atoms with E-state index in [0.717, 1.165) is 25.7 Å². The molecule has 0 rings (SSSR count).